The summed E-state index contributed by atoms with van der Waals surface area (Å²) in [5.41, 5.74) is 2.29. The van der Waals surface area contributed by atoms with Crippen LogP contribution in [0.1, 0.15) is 25.0 Å². The van der Waals surface area contributed by atoms with Crippen molar-refractivity contribution in [3.8, 4) is 0 Å². The van der Waals surface area contributed by atoms with E-state index in [0.29, 0.717) is 15.1 Å². The summed E-state index contributed by atoms with van der Waals surface area (Å²) in [7, 11) is 0. The Labute approximate surface area is 93.8 Å². The van der Waals surface area contributed by atoms with Gasteiger partial charge in [-0.2, -0.15) is 0 Å². The summed E-state index contributed by atoms with van der Waals surface area (Å²) >= 11 is 17.9. The van der Waals surface area contributed by atoms with Gasteiger partial charge in [0.1, 0.15) is 0 Å². The molecule has 0 amide bonds. The van der Waals surface area contributed by atoms with Crippen molar-refractivity contribution in [1.29, 1.82) is 0 Å². The first-order valence-corrected chi connectivity index (χ1v) is 5.40. The van der Waals surface area contributed by atoms with E-state index in [2.05, 4.69) is 13.8 Å². The van der Waals surface area contributed by atoms with Crippen molar-refractivity contribution < 1.29 is 0 Å². The van der Waals surface area contributed by atoms with Gasteiger partial charge in [0.15, 0.2) is 0 Å². The zero-order valence-electron chi connectivity index (χ0n) is 7.63. The molecule has 1 aromatic rings. The van der Waals surface area contributed by atoms with E-state index >= 15 is 0 Å². The van der Waals surface area contributed by atoms with E-state index in [9.17, 15) is 0 Å². The largest absolute Gasteiger partial charge is 0.0826 e. The zero-order chi connectivity index (χ0) is 10.0. The molecule has 0 unspecified atom stereocenters. The summed E-state index contributed by atoms with van der Waals surface area (Å²) in [6.07, 6.45) is 1.82. The highest BCUT2D eigenvalue weighted by Gasteiger charge is 2.11. The van der Waals surface area contributed by atoms with Crippen molar-refractivity contribution in [3.05, 3.63) is 32.3 Å². The summed E-state index contributed by atoms with van der Waals surface area (Å²) in [6.45, 7) is 4.14. The van der Waals surface area contributed by atoms with Gasteiger partial charge in [0.2, 0.25) is 0 Å². The molecule has 0 heterocycles. The minimum atomic E-state index is 0.470. The molecule has 0 saturated heterocycles. The fraction of sp³-hybridized carbons (Fsp3) is 0.400. The van der Waals surface area contributed by atoms with Crippen LogP contribution in [0.4, 0.5) is 0 Å². The maximum Gasteiger partial charge on any atom is 0.0781 e. The van der Waals surface area contributed by atoms with Gasteiger partial charge in [-0.3, -0.25) is 0 Å². The second kappa shape index (κ2) is 4.54. The topological polar surface area (TPSA) is 0 Å². The molecule has 0 aliphatic rings. The highest BCUT2D eigenvalue weighted by Crippen LogP contribution is 2.35. The second-order valence-corrected chi connectivity index (χ2v) is 3.99. The Balaban J connectivity index is 3.39. The molecule has 0 atom stereocenters. The lowest BCUT2D eigenvalue weighted by molar-refractivity contribution is 1.04. The van der Waals surface area contributed by atoms with Gasteiger partial charge in [0.05, 0.1) is 15.1 Å². The van der Waals surface area contributed by atoms with E-state index in [1.807, 2.05) is 6.07 Å². The lowest BCUT2D eigenvalue weighted by Crippen LogP contribution is -1.93. The van der Waals surface area contributed by atoms with E-state index in [4.69, 9.17) is 34.8 Å². The Kier molecular flexibility index (Phi) is 3.90. The molecule has 3 heteroatoms. The van der Waals surface area contributed by atoms with Crippen LogP contribution in [0.2, 0.25) is 15.1 Å². The Morgan fingerprint density at radius 2 is 1.62 bits per heavy atom. The second-order valence-electron chi connectivity index (χ2n) is 2.83. The first-order chi connectivity index (χ1) is 6.11. The highest BCUT2D eigenvalue weighted by atomic mass is 35.5. The van der Waals surface area contributed by atoms with Gasteiger partial charge in [-0.1, -0.05) is 48.7 Å². The molecule has 0 fully saturated rings. The molecule has 0 aliphatic heterocycles. The molecular formula is C10H11Cl3. The van der Waals surface area contributed by atoms with Crippen LogP contribution in [0.25, 0.3) is 0 Å². The average molecular weight is 238 g/mol. The van der Waals surface area contributed by atoms with Crippen LogP contribution < -0.4 is 0 Å². The van der Waals surface area contributed by atoms with Crippen LogP contribution in [0.5, 0.6) is 0 Å². The summed E-state index contributed by atoms with van der Waals surface area (Å²) in [6, 6.07) is 1.90. The van der Waals surface area contributed by atoms with Gasteiger partial charge >= 0.3 is 0 Å². The highest BCUT2D eigenvalue weighted by molar-refractivity contribution is 6.48. The molecule has 0 nitrogen and oxygen atoms in total. The lowest BCUT2D eigenvalue weighted by atomic mass is 10.0. The van der Waals surface area contributed by atoms with Crippen molar-refractivity contribution in [3.63, 3.8) is 0 Å². The molecule has 0 saturated carbocycles. The SMILES string of the molecule is CCc1cc(Cl)c(Cl)c(Cl)c1CC. The van der Waals surface area contributed by atoms with Crippen LogP contribution in [-0.4, -0.2) is 0 Å². The first-order valence-electron chi connectivity index (χ1n) is 4.27. The number of halogens is 3. The standard InChI is InChI=1S/C10H11Cl3/c1-3-6-5-8(11)10(13)9(12)7(6)4-2/h5H,3-4H2,1-2H3. The third kappa shape index (κ3) is 2.12. The van der Waals surface area contributed by atoms with Crippen molar-refractivity contribution in [2.75, 3.05) is 0 Å². The van der Waals surface area contributed by atoms with Gasteiger partial charge in [-0.25, -0.2) is 0 Å². The third-order valence-corrected chi connectivity index (χ3v) is 3.39. The average Bonchev–Trinajstić information content (AvgIpc) is 2.13. The van der Waals surface area contributed by atoms with Gasteiger partial charge in [-0.05, 0) is 30.0 Å². The zero-order valence-corrected chi connectivity index (χ0v) is 9.89. The third-order valence-electron chi connectivity index (χ3n) is 2.09. The smallest absolute Gasteiger partial charge is 0.0781 e. The minimum Gasteiger partial charge on any atom is -0.0826 e. The Morgan fingerprint density at radius 1 is 1.00 bits per heavy atom. The fourth-order valence-corrected chi connectivity index (χ4v) is 2.18. The molecule has 0 bridgehead atoms. The molecule has 1 aromatic carbocycles. The Bertz CT molecular complexity index is 318. The van der Waals surface area contributed by atoms with Crippen molar-refractivity contribution >= 4 is 34.8 Å². The lowest BCUT2D eigenvalue weighted by Gasteiger charge is -2.10. The monoisotopic (exact) mass is 236 g/mol. The fourth-order valence-electron chi connectivity index (χ4n) is 1.38. The minimum absolute atomic E-state index is 0.470. The van der Waals surface area contributed by atoms with Crippen LogP contribution in [0.3, 0.4) is 0 Å². The van der Waals surface area contributed by atoms with E-state index in [1.54, 1.807) is 0 Å². The number of benzene rings is 1. The summed E-state index contributed by atoms with van der Waals surface area (Å²) in [5, 5.41) is 1.62. The van der Waals surface area contributed by atoms with Crippen LogP contribution >= 0.6 is 34.8 Å². The first kappa shape index (κ1) is 11.2. The van der Waals surface area contributed by atoms with Gasteiger partial charge in [0, 0.05) is 0 Å². The van der Waals surface area contributed by atoms with Crippen molar-refractivity contribution in [2.24, 2.45) is 0 Å². The maximum atomic E-state index is 6.07. The normalized spacial score (nSPS) is 10.5. The van der Waals surface area contributed by atoms with Gasteiger partial charge < -0.3 is 0 Å². The summed E-state index contributed by atoms with van der Waals surface area (Å²) in [4.78, 5) is 0. The van der Waals surface area contributed by atoms with Gasteiger partial charge in [-0.15, -0.1) is 0 Å². The molecule has 0 N–H and O–H groups in total. The Hall–Kier alpha value is 0.0900. The van der Waals surface area contributed by atoms with Crippen LogP contribution in [0.15, 0.2) is 6.07 Å². The number of hydrogen-bond donors (Lipinski definition) is 0. The number of hydrogen-bond acceptors (Lipinski definition) is 0. The van der Waals surface area contributed by atoms with E-state index in [-0.39, 0.29) is 0 Å². The quantitative estimate of drug-likeness (QED) is 0.650. The molecule has 1 rings (SSSR count). The van der Waals surface area contributed by atoms with E-state index in [0.717, 1.165) is 18.4 Å². The summed E-state index contributed by atoms with van der Waals surface area (Å²) in [5.74, 6) is 0. The summed E-state index contributed by atoms with van der Waals surface area (Å²) < 4.78 is 0. The molecular weight excluding hydrogens is 226 g/mol. The molecule has 0 radical (unpaired) electrons. The van der Waals surface area contributed by atoms with E-state index in [1.165, 1.54) is 5.56 Å². The van der Waals surface area contributed by atoms with Crippen LogP contribution in [0, 0.1) is 0 Å². The molecule has 13 heavy (non-hydrogen) atoms. The maximum absolute atomic E-state index is 6.07. The van der Waals surface area contributed by atoms with Crippen molar-refractivity contribution in [1.82, 2.24) is 0 Å². The van der Waals surface area contributed by atoms with Crippen LogP contribution in [-0.2, 0) is 12.8 Å². The molecule has 0 aromatic heterocycles. The predicted octanol–water partition coefficient (Wildman–Crippen LogP) is 4.77. The number of rotatable bonds is 2. The molecule has 0 aliphatic carbocycles. The molecule has 0 spiro atoms. The Morgan fingerprint density at radius 3 is 2.08 bits per heavy atom. The number of aryl methyl sites for hydroxylation is 1. The molecule has 72 valence electrons. The van der Waals surface area contributed by atoms with Gasteiger partial charge in [0.25, 0.3) is 0 Å². The van der Waals surface area contributed by atoms with E-state index < -0.39 is 0 Å². The predicted molar refractivity (Wildman–Crippen MR) is 60.2 cm³/mol. The van der Waals surface area contributed by atoms with Crippen molar-refractivity contribution in [2.45, 2.75) is 26.7 Å².